The van der Waals surface area contributed by atoms with Crippen LogP contribution in [-0.2, 0) is 6.54 Å². The highest BCUT2D eigenvalue weighted by molar-refractivity contribution is 5.51. The Morgan fingerprint density at radius 3 is 2.48 bits per heavy atom. The Bertz CT molecular complexity index is 815. The van der Waals surface area contributed by atoms with Crippen LogP contribution >= 0.6 is 0 Å². The minimum absolute atomic E-state index is 0.805. The molecule has 0 saturated heterocycles. The summed E-state index contributed by atoms with van der Waals surface area (Å²) in [6.45, 7) is 2.77. The van der Waals surface area contributed by atoms with Crippen LogP contribution in [0.5, 0.6) is 0 Å². The summed E-state index contributed by atoms with van der Waals surface area (Å²) in [7, 11) is 2.00. The number of hydrogen-bond donors (Lipinski definition) is 1. The topological polar surface area (TPSA) is 40.0 Å². The third-order valence-corrected chi connectivity index (χ3v) is 3.95. The molecule has 0 aromatic heterocycles. The summed E-state index contributed by atoms with van der Waals surface area (Å²) in [4.78, 5) is 2.03. The van der Waals surface area contributed by atoms with E-state index in [1.165, 1.54) is 5.56 Å². The van der Waals surface area contributed by atoms with Crippen molar-refractivity contribution in [2.45, 2.75) is 13.5 Å². The maximum absolute atomic E-state index is 4.35. The van der Waals surface area contributed by atoms with Crippen molar-refractivity contribution in [2.75, 3.05) is 12.4 Å². The second-order valence-electron chi connectivity index (χ2n) is 5.87. The first-order valence-electron chi connectivity index (χ1n) is 8.30. The zero-order chi connectivity index (χ0) is 17.5. The predicted octanol–water partition coefficient (Wildman–Crippen LogP) is 5.63. The Labute approximate surface area is 148 Å². The Kier molecular flexibility index (Phi) is 5.42. The number of nitrogens with one attached hydrogen (secondary N) is 1. The molecule has 1 N–H and O–H groups in total. The molecule has 4 nitrogen and oxygen atoms in total. The van der Waals surface area contributed by atoms with Gasteiger partial charge in [-0.2, -0.15) is 10.2 Å². The molecule has 0 spiro atoms. The van der Waals surface area contributed by atoms with Gasteiger partial charge in [0.25, 0.3) is 0 Å². The average Bonchev–Trinajstić information content (AvgIpc) is 2.66. The molecule has 25 heavy (non-hydrogen) atoms. The first-order chi connectivity index (χ1) is 12.2. The van der Waals surface area contributed by atoms with Crippen molar-refractivity contribution < 1.29 is 0 Å². The van der Waals surface area contributed by atoms with Gasteiger partial charge in [0.15, 0.2) is 0 Å². The number of hydrogen-bond acceptors (Lipinski definition) is 4. The zero-order valence-corrected chi connectivity index (χ0v) is 14.6. The van der Waals surface area contributed by atoms with Crippen molar-refractivity contribution in [2.24, 2.45) is 10.2 Å². The lowest BCUT2D eigenvalue weighted by Crippen LogP contribution is -2.11. The lowest BCUT2D eigenvalue weighted by atomic mass is 10.2. The lowest BCUT2D eigenvalue weighted by molar-refractivity contribution is 0.573. The van der Waals surface area contributed by atoms with Gasteiger partial charge in [-0.3, -0.25) is 0 Å². The highest BCUT2D eigenvalue weighted by atomic mass is 15.2. The molecule has 0 amide bonds. The maximum Gasteiger partial charge on any atom is 0.0858 e. The van der Waals surface area contributed by atoms with Gasteiger partial charge in [-0.25, -0.2) is 0 Å². The van der Waals surface area contributed by atoms with E-state index in [1.54, 1.807) is 0 Å². The minimum atomic E-state index is 0.805. The highest BCUT2D eigenvalue weighted by Crippen LogP contribution is 2.20. The molecule has 3 rings (SSSR count). The number of anilines is 1. The minimum Gasteiger partial charge on any atom is -0.381 e. The Morgan fingerprint density at radius 2 is 1.76 bits per heavy atom. The van der Waals surface area contributed by atoms with Crippen LogP contribution in [0.4, 0.5) is 11.4 Å². The van der Waals surface area contributed by atoms with E-state index in [1.807, 2.05) is 85.8 Å². The molecular weight excluding hydrogens is 308 g/mol. The van der Waals surface area contributed by atoms with Gasteiger partial charge in [0.05, 0.1) is 17.1 Å². The van der Waals surface area contributed by atoms with Gasteiger partial charge in [-0.05, 0) is 48.9 Å². The summed E-state index contributed by atoms with van der Waals surface area (Å²) >= 11 is 0. The molecule has 1 aliphatic heterocycles. The molecule has 2 aromatic carbocycles. The summed E-state index contributed by atoms with van der Waals surface area (Å²) in [5.41, 5.74) is 5.09. The van der Waals surface area contributed by atoms with Crippen LogP contribution in [0.3, 0.4) is 0 Å². The highest BCUT2D eigenvalue weighted by Gasteiger charge is 2.05. The maximum atomic E-state index is 4.35. The fraction of sp³-hybridized carbons (Fsp3) is 0.143. The van der Waals surface area contributed by atoms with Crippen molar-refractivity contribution in [3.63, 3.8) is 0 Å². The van der Waals surface area contributed by atoms with E-state index in [4.69, 9.17) is 0 Å². The summed E-state index contributed by atoms with van der Waals surface area (Å²) in [6.07, 6.45) is 8.03. The average molecular weight is 330 g/mol. The molecule has 0 aliphatic carbocycles. The van der Waals surface area contributed by atoms with Crippen LogP contribution in [0.1, 0.15) is 12.5 Å². The van der Waals surface area contributed by atoms with E-state index in [2.05, 4.69) is 27.7 Å². The zero-order valence-electron chi connectivity index (χ0n) is 14.6. The molecule has 0 radical (unpaired) electrons. The molecule has 2 aromatic rings. The van der Waals surface area contributed by atoms with Crippen molar-refractivity contribution in [1.82, 2.24) is 4.90 Å². The summed E-state index contributed by atoms with van der Waals surface area (Å²) in [6, 6.07) is 18.3. The van der Waals surface area contributed by atoms with Crippen molar-refractivity contribution >= 4 is 11.4 Å². The lowest BCUT2D eigenvalue weighted by Gasteiger charge is -2.18. The normalized spacial score (nSPS) is 15.7. The van der Waals surface area contributed by atoms with Gasteiger partial charge in [-0.15, -0.1) is 0 Å². The monoisotopic (exact) mass is 330 g/mol. The number of benzene rings is 2. The third-order valence-electron chi connectivity index (χ3n) is 3.95. The van der Waals surface area contributed by atoms with Crippen LogP contribution < -0.4 is 5.32 Å². The molecule has 0 bridgehead atoms. The third kappa shape index (κ3) is 4.67. The molecule has 0 atom stereocenters. The molecular formula is C21H22N4. The number of azo groups is 1. The van der Waals surface area contributed by atoms with Crippen LogP contribution in [-0.4, -0.2) is 11.9 Å². The van der Waals surface area contributed by atoms with E-state index in [0.717, 1.165) is 29.3 Å². The number of allylic oxidation sites excluding steroid dienone is 4. The Morgan fingerprint density at radius 1 is 1.00 bits per heavy atom. The summed E-state index contributed by atoms with van der Waals surface area (Å²) in [5.74, 6) is 0. The molecule has 0 saturated carbocycles. The SMILES string of the molecule is CC(N=Nc1ccc(NCc2ccccc2)cc1)=C1C=CC=CN1C. The van der Waals surface area contributed by atoms with Crippen molar-refractivity contribution in [3.05, 3.63) is 96.0 Å². The predicted molar refractivity (Wildman–Crippen MR) is 103 cm³/mol. The van der Waals surface area contributed by atoms with Gasteiger partial charge in [0.1, 0.15) is 0 Å². The first kappa shape index (κ1) is 16.7. The van der Waals surface area contributed by atoms with E-state index in [0.29, 0.717) is 0 Å². The smallest absolute Gasteiger partial charge is 0.0858 e. The van der Waals surface area contributed by atoms with E-state index < -0.39 is 0 Å². The van der Waals surface area contributed by atoms with Crippen LogP contribution in [0.2, 0.25) is 0 Å². The molecule has 126 valence electrons. The van der Waals surface area contributed by atoms with Gasteiger partial charge in [-0.1, -0.05) is 36.4 Å². The largest absolute Gasteiger partial charge is 0.381 e. The van der Waals surface area contributed by atoms with Crippen LogP contribution in [0, 0.1) is 0 Å². The summed E-state index contributed by atoms with van der Waals surface area (Å²) < 4.78 is 0. The van der Waals surface area contributed by atoms with E-state index >= 15 is 0 Å². The second-order valence-corrected chi connectivity index (χ2v) is 5.87. The Balaban J connectivity index is 1.61. The second kappa shape index (κ2) is 8.11. The number of nitrogens with zero attached hydrogens (tertiary/aromatic N) is 3. The van der Waals surface area contributed by atoms with Crippen LogP contribution in [0.15, 0.2) is 101 Å². The molecule has 1 aliphatic rings. The van der Waals surface area contributed by atoms with Crippen LogP contribution in [0.25, 0.3) is 0 Å². The fourth-order valence-electron chi connectivity index (χ4n) is 2.53. The van der Waals surface area contributed by atoms with Crippen molar-refractivity contribution in [3.8, 4) is 0 Å². The van der Waals surface area contributed by atoms with Gasteiger partial charge in [0, 0.05) is 25.5 Å². The molecule has 1 heterocycles. The van der Waals surface area contributed by atoms with Gasteiger partial charge < -0.3 is 10.2 Å². The van der Waals surface area contributed by atoms with Crippen molar-refractivity contribution in [1.29, 1.82) is 0 Å². The standard InChI is InChI=1S/C21H22N4/c1-17(21-10-6-7-15-25(21)2)23-24-20-13-11-19(12-14-20)22-16-18-8-4-3-5-9-18/h3-15,22H,16H2,1-2H3. The quantitative estimate of drug-likeness (QED) is 0.722. The number of rotatable bonds is 5. The number of likely N-dealkylation sites (N-methyl/N-ethyl adjacent to an activating group) is 1. The Hall–Kier alpha value is -3.14. The molecule has 0 fully saturated rings. The summed E-state index contributed by atoms with van der Waals surface area (Å²) in [5, 5.41) is 12.1. The van der Waals surface area contributed by atoms with Gasteiger partial charge >= 0.3 is 0 Å². The fourth-order valence-corrected chi connectivity index (χ4v) is 2.53. The van der Waals surface area contributed by atoms with E-state index in [9.17, 15) is 0 Å². The molecule has 0 unspecified atom stereocenters. The van der Waals surface area contributed by atoms with E-state index in [-0.39, 0.29) is 0 Å². The van der Waals surface area contributed by atoms with Gasteiger partial charge in [0.2, 0.25) is 0 Å². The first-order valence-corrected chi connectivity index (χ1v) is 8.30. The molecule has 4 heteroatoms.